The molecule has 2 aromatic rings. The molecular weight excluding hydrogens is 516 g/mol. The highest BCUT2D eigenvalue weighted by atomic mass is 35.5. The van der Waals surface area contributed by atoms with Crippen molar-refractivity contribution in [1.29, 1.82) is 0 Å². The lowest BCUT2D eigenvalue weighted by atomic mass is 9.77. The average Bonchev–Trinajstić information content (AvgIpc) is 3.10. The van der Waals surface area contributed by atoms with Gasteiger partial charge in [0.05, 0.1) is 18.4 Å². The van der Waals surface area contributed by atoms with Crippen molar-refractivity contribution in [1.82, 2.24) is 10.2 Å². The van der Waals surface area contributed by atoms with E-state index in [1.54, 1.807) is 12.3 Å². The van der Waals surface area contributed by atoms with Crippen molar-refractivity contribution < 1.29 is 24.1 Å². The summed E-state index contributed by atoms with van der Waals surface area (Å²) in [5.74, 6) is 0.898. The summed E-state index contributed by atoms with van der Waals surface area (Å²) in [4.78, 5) is 14.0. The minimum atomic E-state index is -0.859. The van der Waals surface area contributed by atoms with E-state index in [0.717, 1.165) is 54.0 Å². The SMILES string of the molecule is COC(=O)COc1ccc2c(c1)/C(=C/CCN1CCC(O)(c3ccc(Cl)cc3)C(C)C1)C1=CC=CNC1=CO2. The fourth-order valence-electron chi connectivity index (χ4n) is 5.35. The molecule has 2 N–H and O–H groups in total. The maximum Gasteiger partial charge on any atom is 0.343 e. The van der Waals surface area contributed by atoms with Gasteiger partial charge in [-0.25, -0.2) is 4.79 Å². The van der Waals surface area contributed by atoms with Gasteiger partial charge < -0.3 is 29.5 Å². The number of hydrogen-bond donors (Lipinski definition) is 2. The minimum absolute atomic E-state index is 0.0755. The molecule has 0 bridgehead atoms. The minimum Gasteiger partial charge on any atom is -0.482 e. The second kappa shape index (κ2) is 11.7. The van der Waals surface area contributed by atoms with E-state index in [4.69, 9.17) is 25.8 Å². The van der Waals surface area contributed by atoms with Crippen LogP contribution in [-0.4, -0.2) is 49.3 Å². The van der Waals surface area contributed by atoms with E-state index in [2.05, 4.69) is 29.3 Å². The standard InChI is InChI=1S/C31H33ClN2O5/c1-21-18-34(16-13-31(21,36)22-7-9-23(32)10-8-22)15-4-6-25-26-5-3-14-33-28(26)19-39-29-12-11-24(17-27(25)29)38-20-30(35)37-2/h3,5-12,14,17,19,21,33,36H,4,13,15-16,18,20H2,1-2H3/b25-6+. The number of halogens is 1. The number of nitrogens with one attached hydrogen (secondary N) is 1. The molecule has 39 heavy (non-hydrogen) atoms. The molecule has 3 aliphatic rings. The van der Waals surface area contributed by atoms with Crippen molar-refractivity contribution >= 4 is 23.1 Å². The Balaban J connectivity index is 1.33. The fraction of sp³-hybridized carbons (Fsp3) is 0.323. The van der Waals surface area contributed by atoms with Crippen LogP contribution >= 0.6 is 11.6 Å². The third-order valence-electron chi connectivity index (χ3n) is 7.60. The highest BCUT2D eigenvalue weighted by Gasteiger charge is 2.40. The molecular formula is C31H33ClN2O5. The van der Waals surface area contributed by atoms with Crippen LogP contribution in [-0.2, 0) is 15.1 Å². The number of ether oxygens (including phenoxy) is 3. The Bertz CT molecular complexity index is 1350. The number of aliphatic hydroxyl groups is 1. The van der Waals surface area contributed by atoms with Crippen molar-refractivity contribution in [2.24, 2.45) is 5.92 Å². The Hall–Kier alpha value is -3.52. The van der Waals surface area contributed by atoms with Crippen LogP contribution in [0.3, 0.4) is 0 Å². The number of likely N-dealkylation sites (tertiary alicyclic amines) is 1. The van der Waals surface area contributed by atoms with Crippen LogP contribution in [0.1, 0.15) is 30.9 Å². The number of rotatable bonds is 7. The number of carbonyl (C=O) groups excluding carboxylic acids is 1. The molecule has 2 aromatic carbocycles. The molecule has 2 atom stereocenters. The molecule has 5 rings (SSSR count). The highest BCUT2D eigenvalue weighted by Crippen LogP contribution is 2.41. The molecule has 0 spiro atoms. The number of piperidine rings is 1. The van der Waals surface area contributed by atoms with E-state index < -0.39 is 11.6 Å². The molecule has 0 amide bonds. The number of allylic oxidation sites excluding steroid dienone is 3. The summed E-state index contributed by atoms with van der Waals surface area (Å²) in [6, 6.07) is 13.1. The van der Waals surface area contributed by atoms with Crippen LogP contribution in [0.5, 0.6) is 11.5 Å². The average molecular weight is 549 g/mol. The summed E-state index contributed by atoms with van der Waals surface area (Å²) in [6.07, 6.45) is 11.3. The van der Waals surface area contributed by atoms with Gasteiger partial charge in [0, 0.05) is 47.9 Å². The smallest absolute Gasteiger partial charge is 0.343 e. The van der Waals surface area contributed by atoms with Crippen LogP contribution in [0.2, 0.25) is 5.02 Å². The summed E-state index contributed by atoms with van der Waals surface area (Å²) < 4.78 is 16.4. The molecule has 0 radical (unpaired) electrons. The van der Waals surface area contributed by atoms with Gasteiger partial charge in [0.2, 0.25) is 0 Å². The third-order valence-corrected chi connectivity index (χ3v) is 7.85. The number of methoxy groups -OCH3 is 1. The number of hydrogen-bond acceptors (Lipinski definition) is 7. The first-order valence-electron chi connectivity index (χ1n) is 13.1. The topological polar surface area (TPSA) is 80.3 Å². The predicted octanol–water partition coefficient (Wildman–Crippen LogP) is 5.17. The predicted molar refractivity (Wildman–Crippen MR) is 151 cm³/mol. The zero-order chi connectivity index (χ0) is 27.4. The van der Waals surface area contributed by atoms with Gasteiger partial charge >= 0.3 is 5.97 Å². The van der Waals surface area contributed by atoms with Gasteiger partial charge in [0.1, 0.15) is 17.8 Å². The molecule has 0 aliphatic carbocycles. The number of fused-ring (bicyclic) bond motifs is 2. The van der Waals surface area contributed by atoms with Gasteiger partial charge in [-0.05, 0) is 60.4 Å². The van der Waals surface area contributed by atoms with E-state index >= 15 is 0 Å². The molecule has 1 saturated heterocycles. The van der Waals surface area contributed by atoms with Crippen LogP contribution in [0.25, 0.3) is 5.57 Å². The van der Waals surface area contributed by atoms with E-state index in [0.29, 0.717) is 22.9 Å². The normalized spacial score (nSPS) is 23.4. The highest BCUT2D eigenvalue weighted by molar-refractivity contribution is 6.30. The quantitative estimate of drug-likeness (QED) is 0.462. The second-order valence-corrected chi connectivity index (χ2v) is 10.5. The fourth-order valence-corrected chi connectivity index (χ4v) is 5.48. The van der Waals surface area contributed by atoms with Crippen LogP contribution in [0.15, 0.2) is 84.4 Å². The van der Waals surface area contributed by atoms with Crippen LogP contribution < -0.4 is 14.8 Å². The second-order valence-electron chi connectivity index (χ2n) is 10.0. The summed E-state index contributed by atoms with van der Waals surface area (Å²) in [5.41, 5.74) is 3.86. The van der Waals surface area contributed by atoms with E-state index in [9.17, 15) is 9.90 Å². The van der Waals surface area contributed by atoms with Crippen molar-refractivity contribution in [3.8, 4) is 11.5 Å². The van der Waals surface area contributed by atoms with Crippen LogP contribution in [0.4, 0.5) is 0 Å². The molecule has 7 nitrogen and oxygen atoms in total. The molecule has 204 valence electrons. The van der Waals surface area contributed by atoms with Crippen molar-refractivity contribution in [2.75, 3.05) is 33.4 Å². The van der Waals surface area contributed by atoms with E-state index in [-0.39, 0.29) is 12.5 Å². The summed E-state index contributed by atoms with van der Waals surface area (Å²) in [5, 5.41) is 15.4. The van der Waals surface area contributed by atoms with E-state index in [1.165, 1.54) is 7.11 Å². The van der Waals surface area contributed by atoms with Crippen molar-refractivity contribution in [2.45, 2.75) is 25.4 Å². The Labute approximate surface area is 234 Å². The molecule has 3 heterocycles. The zero-order valence-corrected chi connectivity index (χ0v) is 22.9. The Morgan fingerprint density at radius 3 is 2.87 bits per heavy atom. The molecule has 0 aromatic heterocycles. The summed E-state index contributed by atoms with van der Waals surface area (Å²) in [6.45, 7) is 4.40. The van der Waals surface area contributed by atoms with Gasteiger partial charge in [-0.1, -0.05) is 42.8 Å². The lowest BCUT2D eigenvalue weighted by molar-refractivity contribution is -0.142. The number of dihydropyridines is 1. The van der Waals surface area contributed by atoms with Gasteiger partial charge in [-0.3, -0.25) is 0 Å². The molecule has 1 fully saturated rings. The monoisotopic (exact) mass is 548 g/mol. The van der Waals surface area contributed by atoms with Crippen molar-refractivity contribution in [3.63, 3.8) is 0 Å². The largest absolute Gasteiger partial charge is 0.482 e. The number of carbonyl (C=O) groups is 1. The lowest BCUT2D eigenvalue weighted by Crippen LogP contribution is -2.49. The third kappa shape index (κ3) is 5.91. The Morgan fingerprint density at radius 2 is 2.10 bits per heavy atom. The summed E-state index contributed by atoms with van der Waals surface area (Å²) >= 11 is 6.06. The molecule has 2 unspecified atom stereocenters. The van der Waals surface area contributed by atoms with Gasteiger partial charge in [0.15, 0.2) is 6.61 Å². The van der Waals surface area contributed by atoms with Gasteiger partial charge in [-0.15, -0.1) is 0 Å². The first-order chi connectivity index (χ1) is 18.9. The molecule has 8 heteroatoms. The van der Waals surface area contributed by atoms with E-state index in [1.807, 2.05) is 48.7 Å². The van der Waals surface area contributed by atoms with Crippen LogP contribution in [0, 0.1) is 5.92 Å². The maximum absolute atomic E-state index is 11.6. The van der Waals surface area contributed by atoms with Gasteiger partial charge in [0.25, 0.3) is 0 Å². The zero-order valence-electron chi connectivity index (χ0n) is 22.2. The Morgan fingerprint density at radius 1 is 1.28 bits per heavy atom. The molecule has 3 aliphatic heterocycles. The molecule has 0 saturated carbocycles. The number of esters is 1. The Kier molecular flexibility index (Phi) is 8.12. The first-order valence-corrected chi connectivity index (χ1v) is 13.5. The van der Waals surface area contributed by atoms with Gasteiger partial charge in [-0.2, -0.15) is 0 Å². The summed E-state index contributed by atoms with van der Waals surface area (Å²) in [7, 11) is 1.34. The van der Waals surface area contributed by atoms with Crippen molar-refractivity contribution in [3.05, 3.63) is 101 Å². The number of nitrogens with zero attached hydrogens (tertiary/aromatic N) is 1. The maximum atomic E-state index is 11.6. The lowest BCUT2D eigenvalue weighted by Gasteiger charge is -2.43. The number of benzene rings is 2. The first kappa shape index (κ1) is 27.1.